The van der Waals surface area contributed by atoms with Gasteiger partial charge in [0.2, 0.25) is 0 Å². The number of pyridine rings is 1. The lowest BCUT2D eigenvalue weighted by Crippen LogP contribution is -1.98. The minimum Gasteiger partial charge on any atom is -0.384 e. The summed E-state index contributed by atoms with van der Waals surface area (Å²) in [6.45, 7) is 0. The first-order valence-corrected chi connectivity index (χ1v) is 6.06. The summed E-state index contributed by atoms with van der Waals surface area (Å²) in [7, 11) is 0. The molecule has 0 saturated heterocycles. The van der Waals surface area contributed by atoms with Crippen molar-refractivity contribution in [1.82, 2.24) is 4.98 Å². The molecule has 0 aliphatic carbocycles. The van der Waals surface area contributed by atoms with Crippen LogP contribution < -0.4 is 11.1 Å². The maximum atomic E-state index is 12.4. The summed E-state index contributed by atoms with van der Waals surface area (Å²) in [5.41, 5.74) is 6.14. The first-order valence-electron chi connectivity index (χ1n) is 5.18. The topological polar surface area (TPSA) is 50.9 Å². The molecule has 0 aliphatic rings. The van der Waals surface area contributed by atoms with Gasteiger partial charge in [-0.2, -0.15) is 8.78 Å². The Bertz CT molecular complexity index is 534. The van der Waals surface area contributed by atoms with E-state index in [-0.39, 0.29) is 0 Å². The number of para-hydroxylation sites is 1. The van der Waals surface area contributed by atoms with Gasteiger partial charge in [0.05, 0.1) is 5.69 Å². The minimum absolute atomic E-state index is 0.374. The molecule has 0 amide bonds. The van der Waals surface area contributed by atoms with Crippen LogP contribution in [0.5, 0.6) is 0 Å². The number of halogens is 2. The minimum atomic E-state index is -2.46. The molecular weight excluding hydrogens is 256 g/mol. The number of alkyl halides is 2. The van der Waals surface area contributed by atoms with Gasteiger partial charge in [-0.05, 0) is 24.3 Å². The fourth-order valence-corrected chi connectivity index (χ4v) is 2.02. The van der Waals surface area contributed by atoms with Crippen LogP contribution in [0.1, 0.15) is 0 Å². The van der Waals surface area contributed by atoms with E-state index in [1.54, 1.807) is 42.5 Å². The van der Waals surface area contributed by atoms with E-state index in [1.807, 2.05) is 0 Å². The molecule has 3 nitrogen and oxygen atoms in total. The average Bonchev–Trinajstić information content (AvgIpc) is 2.31. The van der Waals surface area contributed by atoms with E-state index >= 15 is 0 Å². The second kappa shape index (κ2) is 5.68. The van der Waals surface area contributed by atoms with Crippen LogP contribution in [0.3, 0.4) is 0 Å². The molecule has 0 spiro atoms. The molecule has 0 aliphatic heterocycles. The van der Waals surface area contributed by atoms with Crippen LogP contribution in [-0.2, 0) is 0 Å². The summed E-state index contributed by atoms with van der Waals surface area (Å²) in [4.78, 5) is 4.53. The third kappa shape index (κ3) is 3.33. The zero-order valence-electron chi connectivity index (χ0n) is 9.31. The van der Waals surface area contributed by atoms with Crippen LogP contribution in [0.2, 0.25) is 0 Å². The molecule has 0 bridgehead atoms. The van der Waals surface area contributed by atoms with Crippen molar-refractivity contribution < 1.29 is 8.78 Å². The number of nitrogen functional groups attached to an aromatic ring is 1. The Morgan fingerprint density at radius 2 is 1.89 bits per heavy atom. The van der Waals surface area contributed by atoms with Gasteiger partial charge in [-0.25, -0.2) is 4.98 Å². The Kier molecular flexibility index (Phi) is 3.99. The van der Waals surface area contributed by atoms with Crippen molar-refractivity contribution in [2.24, 2.45) is 0 Å². The maximum absolute atomic E-state index is 12.4. The average molecular weight is 267 g/mol. The summed E-state index contributed by atoms with van der Waals surface area (Å²) in [6.07, 6.45) is 0. The largest absolute Gasteiger partial charge is 0.384 e. The Balaban J connectivity index is 2.23. The molecule has 2 aromatic rings. The number of hydrogen-bond donors (Lipinski definition) is 2. The van der Waals surface area contributed by atoms with Crippen LogP contribution in [0.15, 0.2) is 47.4 Å². The molecular formula is C12H11F2N3S. The Morgan fingerprint density at radius 3 is 2.61 bits per heavy atom. The van der Waals surface area contributed by atoms with Gasteiger partial charge in [0, 0.05) is 4.90 Å². The Labute approximate surface area is 107 Å². The van der Waals surface area contributed by atoms with Gasteiger partial charge in [0.15, 0.2) is 0 Å². The number of benzene rings is 1. The highest BCUT2D eigenvalue weighted by atomic mass is 32.2. The molecule has 1 aromatic carbocycles. The van der Waals surface area contributed by atoms with Gasteiger partial charge < -0.3 is 11.1 Å². The smallest absolute Gasteiger partial charge is 0.288 e. The molecule has 18 heavy (non-hydrogen) atoms. The summed E-state index contributed by atoms with van der Waals surface area (Å²) < 4.78 is 24.8. The van der Waals surface area contributed by atoms with Crippen molar-refractivity contribution >= 4 is 29.1 Å². The molecule has 1 aromatic heterocycles. The quantitative estimate of drug-likeness (QED) is 0.829. The fraction of sp³-hybridized carbons (Fsp3) is 0.0833. The number of nitrogens with one attached hydrogen (secondary N) is 1. The third-order valence-corrected chi connectivity index (χ3v) is 2.92. The Morgan fingerprint density at radius 1 is 1.11 bits per heavy atom. The number of thioether (sulfide) groups is 1. The Hall–Kier alpha value is -1.82. The van der Waals surface area contributed by atoms with Gasteiger partial charge in [-0.3, -0.25) is 0 Å². The van der Waals surface area contributed by atoms with Crippen molar-refractivity contribution in [1.29, 1.82) is 0 Å². The highest BCUT2D eigenvalue weighted by Gasteiger charge is 2.09. The van der Waals surface area contributed by atoms with Crippen LogP contribution in [0.4, 0.5) is 26.1 Å². The summed E-state index contributed by atoms with van der Waals surface area (Å²) in [5, 5.41) is 2.97. The third-order valence-electron chi connectivity index (χ3n) is 2.14. The second-order valence-electron chi connectivity index (χ2n) is 3.45. The number of hydrogen-bond acceptors (Lipinski definition) is 4. The normalized spacial score (nSPS) is 10.6. The number of aromatic nitrogens is 1. The lowest BCUT2D eigenvalue weighted by molar-refractivity contribution is 0.252. The summed E-state index contributed by atoms with van der Waals surface area (Å²) in [5.74, 6) is -1.56. The van der Waals surface area contributed by atoms with Crippen molar-refractivity contribution in [3.8, 4) is 0 Å². The first-order chi connectivity index (χ1) is 8.65. The molecule has 0 fully saturated rings. The lowest BCUT2D eigenvalue weighted by Gasteiger charge is -2.10. The maximum Gasteiger partial charge on any atom is 0.288 e. The van der Waals surface area contributed by atoms with Crippen LogP contribution in [-0.4, -0.2) is 10.7 Å². The number of nitrogens with zero attached hydrogens (tertiary/aromatic N) is 1. The van der Waals surface area contributed by atoms with Crippen molar-refractivity contribution in [3.05, 3.63) is 42.5 Å². The highest BCUT2D eigenvalue weighted by Crippen LogP contribution is 2.32. The molecule has 1 heterocycles. The standard InChI is InChI=1S/C12H11F2N3S/c13-12(14)18-9-5-2-1-4-8(9)16-11-7-3-6-10(15)17-11/h1-7,12H,(H3,15,16,17). The van der Waals surface area contributed by atoms with E-state index in [0.717, 1.165) is 0 Å². The van der Waals surface area contributed by atoms with Crippen LogP contribution >= 0.6 is 11.8 Å². The van der Waals surface area contributed by atoms with E-state index < -0.39 is 5.76 Å². The van der Waals surface area contributed by atoms with E-state index in [2.05, 4.69) is 10.3 Å². The number of anilines is 3. The summed E-state index contributed by atoms with van der Waals surface area (Å²) in [6, 6.07) is 12.0. The van der Waals surface area contributed by atoms with E-state index in [0.29, 0.717) is 34.0 Å². The predicted molar refractivity (Wildman–Crippen MR) is 70.2 cm³/mol. The second-order valence-corrected chi connectivity index (χ2v) is 4.48. The number of nitrogens with two attached hydrogens (primary N) is 1. The van der Waals surface area contributed by atoms with Gasteiger partial charge in [-0.15, -0.1) is 0 Å². The predicted octanol–water partition coefficient (Wildman–Crippen LogP) is 3.72. The molecule has 0 atom stereocenters. The van der Waals surface area contributed by atoms with Gasteiger partial charge >= 0.3 is 0 Å². The van der Waals surface area contributed by atoms with E-state index in [1.165, 1.54) is 0 Å². The van der Waals surface area contributed by atoms with Crippen LogP contribution in [0.25, 0.3) is 0 Å². The zero-order valence-corrected chi connectivity index (χ0v) is 10.1. The van der Waals surface area contributed by atoms with Crippen molar-refractivity contribution in [3.63, 3.8) is 0 Å². The molecule has 94 valence electrons. The van der Waals surface area contributed by atoms with Crippen molar-refractivity contribution in [2.75, 3.05) is 11.1 Å². The molecule has 0 saturated carbocycles. The zero-order chi connectivity index (χ0) is 13.0. The van der Waals surface area contributed by atoms with Gasteiger partial charge in [-0.1, -0.05) is 30.0 Å². The van der Waals surface area contributed by atoms with E-state index in [9.17, 15) is 8.78 Å². The SMILES string of the molecule is Nc1cccc(Nc2ccccc2SC(F)F)n1. The monoisotopic (exact) mass is 267 g/mol. The first kappa shape index (κ1) is 12.6. The van der Waals surface area contributed by atoms with Crippen LogP contribution in [0, 0.1) is 0 Å². The van der Waals surface area contributed by atoms with E-state index in [4.69, 9.17) is 5.73 Å². The highest BCUT2D eigenvalue weighted by molar-refractivity contribution is 7.99. The molecule has 3 N–H and O–H groups in total. The number of rotatable bonds is 4. The molecule has 6 heteroatoms. The molecule has 0 radical (unpaired) electrons. The fourth-order valence-electron chi connectivity index (χ4n) is 1.43. The van der Waals surface area contributed by atoms with Gasteiger partial charge in [0.25, 0.3) is 5.76 Å². The molecule has 2 rings (SSSR count). The van der Waals surface area contributed by atoms with Gasteiger partial charge in [0.1, 0.15) is 11.6 Å². The summed E-state index contributed by atoms with van der Waals surface area (Å²) >= 11 is 0.494. The molecule has 0 unspecified atom stereocenters. The van der Waals surface area contributed by atoms with Crippen molar-refractivity contribution in [2.45, 2.75) is 10.7 Å². The lowest BCUT2D eigenvalue weighted by atomic mass is 10.3.